The smallest absolute Gasteiger partial charge is 0.267 e. The Balaban J connectivity index is 2.72. The largest absolute Gasteiger partial charge is 0.460 e. The van der Waals surface area contributed by atoms with Crippen molar-refractivity contribution in [3.63, 3.8) is 0 Å². The molecule has 0 atom stereocenters. The van der Waals surface area contributed by atoms with Crippen LogP contribution in [0.25, 0.3) is 11.0 Å². The van der Waals surface area contributed by atoms with Gasteiger partial charge >= 0.3 is 0 Å². The molecule has 0 saturated carbocycles. The molecule has 2 heterocycles. The Hall–Kier alpha value is -2.37. The molecule has 6 heteroatoms. The van der Waals surface area contributed by atoms with Crippen molar-refractivity contribution in [3.8, 4) is 0 Å². The molecule has 0 bridgehead atoms. The Kier molecular flexibility index (Phi) is 2.32. The first-order chi connectivity index (χ1) is 7.63. The van der Waals surface area contributed by atoms with E-state index in [0.29, 0.717) is 17.4 Å². The van der Waals surface area contributed by atoms with E-state index in [1.807, 2.05) is 0 Å². The van der Waals surface area contributed by atoms with Crippen molar-refractivity contribution >= 4 is 29.1 Å². The number of aromatic nitrogens is 1. The number of carbonyl (C=O) groups excluding carboxylic acids is 2. The van der Waals surface area contributed by atoms with Crippen LogP contribution in [-0.4, -0.2) is 24.3 Å². The maximum atomic E-state index is 11.1. The third kappa shape index (κ3) is 1.50. The molecule has 2 N–H and O–H groups in total. The highest BCUT2D eigenvalue weighted by Crippen LogP contribution is 2.25. The minimum atomic E-state index is -0.649. The summed E-state index contributed by atoms with van der Waals surface area (Å²) in [5.41, 5.74) is 5.68. The second-order valence-electron chi connectivity index (χ2n) is 3.25. The number of carbonyl (C=O) groups is 2. The summed E-state index contributed by atoms with van der Waals surface area (Å²) >= 11 is 0. The third-order valence-electron chi connectivity index (χ3n) is 2.16. The van der Waals surface area contributed by atoms with Crippen LogP contribution < -0.4 is 10.6 Å². The predicted molar refractivity (Wildman–Crippen MR) is 57.0 cm³/mol. The molecular weight excluding hydrogens is 210 g/mol. The molecule has 0 unspecified atom stereocenters. The average Bonchev–Trinajstić information content (AvgIpc) is 2.74. The van der Waals surface area contributed by atoms with Gasteiger partial charge in [0.25, 0.3) is 5.91 Å². The zero-order valence-electron chi connectivity index (χ0n) is 8.51. The average molecular weight is 219 g/mol. The Morgan fingerprint density at radius 2 is 2.38 bits per heavy atom. The summed E-state index contributed by atoms with van der Waals surface area (Å²) < 4.78 is 5.19. The van der Waals surface area contributed by atoms with Gasteiger partial charge in [0, 0.05) is 12.4 Å². The lowest BCUT2D eigenvalue weighted by atomic mass is 10.2. The first kappa shape index (κ1) is 10.2. The summed E-state index contributed by atoms with van der Waals surface area (Å²) in [4.78, 5) is 26.9. The van der Waals surface area contributed by atoms with E-state index in [4.69, 9.17) is 10.2 Å². The Morgan fingerprint density at radius 3 is 3.00 bits per heavy atom. The number of hydrogen-bond donors (Lipinski definition) is 1. The van der Waals surface area contributed by atoms with Gasteiger partial charge in [-0.1, -0.05) is 0 Å². The van der Waals surface area contributed by atoms with Crippen LogP contribution in [0.4, 0.5) is 5.82 Å². The Labute approximate surface area is 90.6 Å². The molecule has 0 spiro atoms. The van der Waals surface area contributed by atoms with Crippen LogP contribution in [0.3, 0.4) is 0 Å². The highest BCUT2D eigenvalue weighted by molar-refractivity contribution is 5.99. The van der Waals surface area contributed by atoms with Crippen LogP contribution in [0.15, 0.2) is 22.8 Å². The van der Waals surface area contributed by atoms with Gasteiger partial charge in [0.2, 0.25) is 6.41 Å². The van der Waals surface area contributed by atoms with E-state index in [0.717, 1.165) is 0 Å². The van der Waals surface area contributed by atoms with Gasteiger partial charge < -0.3 is 10.2 Å². The molecule has 2 aromatic heterocycles. The quantitative estimate of drug-likeness (QED) is 0.762. The van der Waals surface area contributed by atoms with Crippen LogP contribution in [0.2, 0.25) is 0 Å². The number of pyridine rings is 1. The number of hydrogen-bond acceptors (Lipinski definition) is 4. The monoisotopic (exact) mass is 219 g/mol. The highest BCUT2D eigenvalue weighted by Gasteiger charge is 2.14. The molecule has 0 aliphatic rings. The molecule has 0 radical (unpaired) electrons. The van der Waals surface area contributed by atoms with Crippen molar-refractivity contribution in [2.45, 2.75) is 0 Å². The fourth-order valence-electron chi connectivity index (χ4n) is 1.37. The second kappa shape index (κ2) is 3.65. The molecule has 16 heavy (non-hydrogen) atoms. The molecule has 6 nitrogen and oxygen atoms in total. The van der Waals surface area contributed by atoms with Crippen LogP contribution in [-0.2, 0) is 4.79 Å². The predicted octanol–water partition coefficient (Wildman–Crippen LogP) is 0.519. The first-order valence-electron chi connectivity index (χ1n) is 4.49. The lowest BCUT2D eigenvalue weighted by Crippen LogP contribution is -2.19. The number of primary amides is 1. The standard InChI is InChI=1S/C10H9N3O3/c1-13(5-14)10-8-6(2-3-16-8)4-7(12-10)9(11)15/h2-5H,1H3,(H2,11,15). The van der Waals surface area contributed by atoms with E-state index in [2.05, 4.69) is 4.98 Å². The molecule has 0 aliphatic heterocycles. The Bertz CT molecular complexity index is 561. The Morgan fingerprint density at radius 1 is 1.62 bits per heavy atom. The van der Waals surface area contributed by atoms with Crippen molar-refractivity contribution in [1.82, 2.24) is 4.98 Å². The molecule has 0 fully saturated rings. The zero-order valence-corrected chi connectivity index (χ0v) is 8.51. The summed E-state index contributed by atoms with van der Waals surface area (Å²) in [5.74, 6) is -0.380. The molecular formula is C10H9N3O3. The number of nitrogens with zero attached hydrogens (tertiary/aromatic N) is 2. The molecule has 0 aromatic carbocycles. The second-order valence-corrected chi connectivity index (χ2v) is 3.25. The molecule has 0 aliphatic carbocycles. The van der Waals surface area contributed by atoms with E-state index >= 15 is 0 Å². The van der Waals surface area contributed by atoms with Gasteiger partial charge in [0.15, 0.2) is 11.4 Å². The van der Waals surface area contributed by atoms with E-state index in [-0.39, 0.29) is 11.5 Å². The van der Waals surface area contributed by atoms with Crippen LogP contribution >= 0.6 is 0 Å². The lowest BCUT2D eigenvalue weighted by Gasteiger charge is -2.10. The highest BCUT2D eigenvalue weighted by atomic mass is 16.3. The van der Waals surface area contributed by atoms with Crippen LogP contribution in [0, 0.1) is 0 Å². The number of furan rings is 1. The van der Waals surface area contributed by atoms with Gasteiger partial charge in [-0.3, -0.25) is 14.5 Å². The maximum absolute atomic E-state index is 11.1. The molecule has 2 rings (SSSR count). The summed E-state index contributed by atoms with van der Waals surface area (Å²) in [7, 11) is 1.52. The topological polar surface area (TPSA) is 89.4 Å². The molecule has 82 valence electrons. The van der Waals surface area contributed by atoms with Crippen molar-refractivity contribution in [2.24, 2.45) is 5.73 Å². The first-order valence-corrected chi connectivity index (χ1v) is 4.49. The number of nitrogens with two attached hydrogens (primary N) is 1. The van der Waals surface area contributed by atoms with E-state index < -0.39 is 5.91 Å². The van der Waals surface area contributed by atoms with Crippen LogP contribution in [0.1, 0.15) is 10.5 Å². The van der Waals surface area contributed by atoms with E-state index in [1.165, 1.54) is 24.3 Å². The summed E-state index contributed by atoms with van der Waals surface area (Å²) in [6.07, 6.45) is 2.04. The summed E-state index contributed by atoms with van der Waals surface area (Å²) in [6.45, 7) is 0. The molecule has 2 amide bonds. The van der Waals surface area contributed by atoms with Gasteiger partial charge in [-0.15, -0.1) is 0 Å². The van der Waals surface area contributed by atoms with Gasteiger partial charge in [0.05, 0.1) is 6.26 Å². The van der Waals surface area contributed by atoms with E-state index in [9.17, 15) is 9.59 Å². The number of rotatable bonds is 3. The van der Waals surface area contributed by atoms with Gasteiger partial charge in [0.1, 0.15) is 5.69 Å². The SMILES string of the molecule is CN(C=O)c1nc(C(N)=O)cc2ccoc12. The van der Waals surface area contributed by atoms with Gasteiger partial charge in [-0.2, -0.15) is 0 Å². The fourth-order valence-corrected chi connectivity index (χ4v) is 1.37. The normalized spacial score (nSPS) is 10.3. The zero-order chi connectivity index (χ0) is 11.7. The van der Waals surface area contributed by atoms with Gasteiger partial charge in [-0.25, -0.2) is 4.98 Å². The van der Waals surface area contributed by atoms with E-state index in [1.54, 1.807) is 6.07 Å². The van der Waals surface area contributed by atoms with Crippen molar-refractivity contribution in [3.05, 3.63) is 24.1 Å². The van der Waals surface area contributed by atoms with Gasteiger partial charge in [-0.05, 0) is 12.1 Å². The minimum absolute atomic E-state index is 0.0950. The minimum Gasteiger partial charge on any atom is -0.460 e. The summed E-state index contributed by atoms with van der Waals surface area (Å²) in [6, 6.07) is 3.19. The lowest BCUT2D eigenvalue weighted by molar-refractivity contribution is -0.107. The molecule has 2 aromatic rings. The number of anilines is 1. The number of fused-ring (bicyclic) bond motifs is 1. The maximum Gasteiger partial charge on any atom is 0.267 e. The fraction of sp³-hybridized carbons (Fsp3) is 0.100. The van der Waals surface area contributed by atoms with Crippen LogP contribution in [0.5, 0.6) is 0 Å². The van der Waals surface area contributed by atoms with Crippen molar-refractivity contribution < 1.29 is 14.0 Å². The van der Waals surface area contributed by atoms with Crippen molar-refractivity contribution in [1.29, 1.82) is 0 Å². The molecule has 0 saturated heterocycles. The third-order valence-corrected chi connectivity index (χ3v) is 2.16. The number of amides is 2. The van der Waals surface area contributed by atoms with Crippen molar-refractivity contribution in [2.75, 3.05) is 11.9 Å². The summed E-state index contributed by atoms with van der Waals surface area (Å²) in [5, 5.41) is 0.674.